The van der Waals surface area contributed by atoms with Gasteiger partial charge in [0.1, 0.15) is 5.69 Å². The number of pyridine rings is 1. The van der Waals surface area contributed by atoms with Gasteiger partial charge in [-0.2, -0.15) is 0 Å². The van der Waals surface area contributed by atoms with Crippen LogP contribution in [0.3, 0.4) is 0 Å². The second kappa shape index (κ2) is 7.12. The van der Waals surface area contributed by atoms with Gasteiger partial charge in [0.25, 0.3) is 5.91 Å². The molecule has 0 aliphatic rings. The summed E-state index contributed by atoms with van der Waals surface area (Å²) in [6.07, 6.45) is 0. The summed E-state index contributed by atoms with van der Waals surface area (Å²) < 4.78 is 0. The molecule has 0 spiro atoms. The molecule has 0 radical (unpaired) electrons. The molecule has 0 aliphatic carbocycles. The number of halogens is 2. The Morgan fingerprint density at radius 3 is 2.50 bits per heavy atom. The number of amides is 1. The van der Waals surface area contributed by atoms with Crippen LogP contribution in [0, 0.1) is 6.92 Å². The molecule has 1 aromatic heterocycles. The van der Waals surface area contributed by atoms with Crippen LogP contribution in [0.1, 0.15) is 35.6 Å². The summed E-state index contributed by atoms with van der Waals surface area (Å²) in [6.45, 7) is 6.29. The van der Waals surface area contributed by atoms with Crippen LogP contribution in [0.5, 0.6) is 0 Å². The van der Waals surface area contributed by atoms with Gasteiger partial charge >= 0.3 is 0 Å². The fraction of sp³-hybridized carbons (Fsp3) is 0.294. The van der Waals surface area contributed by atoms with Crippen molar-refractivity contribution in [2.24, 2.45) is 0 Å². The predicted molar refractivity (Wildman–Crippen MR) is 90.4 cm³/mol. The Balaban J connectivity index is 2.26. The molecule has 2 aromatic rings. The fourth-order valence-corrected chi connectivity index (χ4v) is 2.45. The number of carbonyl (C=O) groups excluding carboxylic acids is 1. The standard InChI is InChI=1S/C17H18Cl2N2O/c1-11(2)21(10-13-7-8-14(18)15(19)9-13)17(22)16-6-4-5-12(3)20-16/h4-9,11H,10H2,1-3H3. The molecule has 0 saturated heterocycles. The van der Waals surface area contributed by atoms with E-state index in [4.69, 9.17) is 23.2 Å². The fourth-order valence-electron chi connectivity index (χ4n) is 2.13. The molecule has 0 aliphatic heterocycles. The smallest absolute Gasteiger partial charge is 0.272 e. The lowest BCUT2D eigenvalue weighted by Crippen LogP contribution is -2.36. The Kier molecular flexibility index (Phi) is 5.43. The lowest BCUT2D eigenvalue weighted by molar-refractivity contribution is 0.0684. The van der Waals surface area contributed by atoms with Gasteiger partial charge in [-0.3, -0.25) is 4.79 Å². The maximum atomic E-state index is 12.7. The predicted octanol–water partition coefficient (Wildman–Crippen LogP) is 4.75. The van der Waals surface area contributed by atoms with Gasteiger partial charge in [0.2, 0.25) is 0 Å². The van der Waals surface area contributed by atoms with Crippen LogP contribution >= 0.6 is 23.2 Å². The minimum absolute atomic E-state index is 0.0456. The highest BCUT2D eigenvalue weighted by molar-refractivity contribution is 6.42. The minimum atomic E-state index is -0.0928. The number of benzene rings is 1. The van der Waals surface area contributed by atoms with Gasteiger partial charge in [0.15, 0.2) is 0 Å². The summed E-state index contributed by atoms with van der Waals surface area (Å²) in [7, 11) is 0. The van der Waals surface area contributed by atoms with Crippen molar-refractivity contribution in [3.63, 3.8) is 0 Å². The molecule has 0 atom stereocenters. The van der Waals surface area contributed by atoms with E-state index in [0.29, 0.717) is 22.3 Å². The summed E-state index contributed by atoms with van der Waals surface area (Å²) in [5.74, 6) is -0.0928. The molecule has 0 bridgehead atoms. The van der Waals surface area contributed by atoms with E-state index < -0.39 is 0 Å². The van der Waals surface area contributed by atoms with E-state index >= 15 is 0 Å². The van der Waals surface area contributed by atoms with Crippen molar-refractivity contribution >= 4 is 29.1 Å². The molecule has 1 aromatic carbocycles. The topological polar surface area (TPSA) is 33.2 Å². The minimum Gasteiger partial charge on any atom is -0.331 e. The maximum Gasteiger partial charge on any atom is 0.272 e. The van der Waals surface area contributed by atoms with Crippen molar-refractivity contribution in [2.45, 2.75) is 33.4 Å². The summed E-state index contributed by atoms with van der Waals surface area (Å²) >= 11 is 12.0. The molecule has 2 rings (SSSR count). The molecule has 1 amide bonds. The van der Waals surface area contributed by atoms with Crippen molar-refractivity contribution in [3.05, 3.63) is 63.4 Å². The SMILES string of the molecule is Cc1cccc(C(=O)N(Cc2ccc(Cl)c(Cl)c2)C(C)C)n1. The van der Waals surface area contributed by atoms with E-state index in [2.05, 4.69) is 4.98 Å². The van der Waals surface area contributed by atoms with Gasteiger partial charge in [0, 0.05) is 18.3 Å². The van der Waals surface area contributed by atoms with Gasteiger partial charge in [0.05, 0.1) is 10.0 Å². The van der Waals surface area contributed by atoms with Gasteiger partial charge < -0.3 is 4.90 Å². The third-order valence-corrected chi connectivity index (χ3v) is 4.07. The van der Waals surface area contributed by atoms with Crippen LogP contribution in [-0.2, 0) is 6.54 Å². The molecule has 3 nitrogen and oxygen atoms in total. The van der Waals surface area contributed by atoms with Crippen molar-refractivity contribution in [3.8, 4) is 0 Å². The zero-order valence-corrected chi connectivity index (χ0v) is 14.3. The Hall–Kier alpha value is -1.58. The third-order valence-electron chi connectivity index (χ3n) is 3.33. The first-order valence-corrected chi connectivity index (χ1v) is 7.82. The van der Waals surface area contributed by atoms with Gasteiger partial charge in [-0.1, -0.05) is 35.3 Å². The molecule has 5 heteroatoms. The number of hydrogen-bond acceptors (Lipinski definition) is 2. The monoisotopic (exact) mass is 336 g/mol. The lowest BCUT2D eigenvalue weighted by Gasteiger charge is -2.26. The Morgan fingerprint density at radius 1 is 1.18 bits per heavy atom. The number of aryl methyl sites for hydroxylation is 1. The van der Waals surface area contributed by atoms with E-state index in [1.165, 1.54) is 0 Å². The van der Waals surface area contributed by atoms with E-state index in [0.717, 1.165) is 11.3 Å². The van der Waals surface area contributed by atoms with Crippen LogP contribution in [-0.4, -0.2) is 21.8 Å². The first kappa shape index (κ1) is 16.8. The van der Waals surface area contributed by atoms with Gasteiger partial charge in [-0.15, -0.1) is 0 Å². The van der Waals surface area contributed by atoms with Crippen molar-refractivity contribution < 1.29 is 4.79 Å². The van der Waals surface area contributed by atoms with Crippen LogP contribution in [0.2, 0.25) is 10.0 Å². The Bertz CT molecular complexity index is 686. The number of rotatable bonds is 4. The van der Waals surface area contributed by atoms with Crippen LogP contribution in [0.25, 0.3) is 0 Å². The number of aromatic nitrogens is 1. The number of nitrogens with zero attached hydrogens (tertiary/aromatic N) is 2. The highest BCUT2D eigenvalue weighted by atomic mass is 35.5. The Labute approximate surface area is 140 Å². The first-order valence-electron chi connectivity index (χ1n) is 7.07. The molecule has 0 fully saturated rings. The van der Waals surface area contributed by atoms with Gasteiger partial charge in [-0.25, -0.2) is 4.98 Å². The highest BCUT2D eigenvalue weighted by Crippen LogP contribution is 2.24. The lowest BCUT2D eigenvalue weighted by atomic mass is 10.1. The molecule has 22 heavy (non-hydrogen) atoms. The van der Waals surface area contributed by atoms with E-state index in [1.54, 1.807) is 23.1 Å². The molecule has 1 heterocycles. The zero-order chi connectivity index (χ0) is 16.3. The Morgan fingerprint density at radius 2 is 1.91 bits per heavy atom. The summed E-state index contributed by atoms with van der Waals surface area (Å²) in [5, 5.41) is 0.997. The summed E-state index contributed by atoms with van der Waals surface area (Å²) in [6, 6.07) is 10.9. The average Bonchev–Trinajstić information content (AvgIpc) is 2.47. The summed E-state index contributed by atoms with van der Waals surface area (Å²) in [4.78, 5) is 18.8. The first-order chi connectivity index (χ1) is 10.4. The van der Waals surface area contributed by atoms with Crippen LogP contribution in [0.15, 0.2) is 36.4 Å². The van der Waals surface area contributed by atoms with E-state index in [-0.39, 0.29) is 11.9 Å². The van der Waals surface area contributed by atoms with Crippen LogP contribution in [0.4, 0.5) is 0 Å². The van der Waals surface area contributed by atoms with Crippen molar-refractivity contribution in [2.75, 3.05) is 0 Å². The second-order valence-electron chi connectivity index (χ2n) is 5.44. The largest absolute Gasteiger partial charge is 0.331 e. The summed E-state index contributed by atoms with van der Waals surface area (Å²) in [5.41, 5.74) is 2.21. The quantitative estimate of drug-likeness (QED) is 0.807. The van der Waals surface area contributed by atoms with E-state index in [9.17, 15) is 4.79 Å². The van der Waals surface area contributed by atoms with Gasteiger partial charge in [-0.05, 0) is 50.6 Å². The third kappa shape index (κ3) is 3.99. The van der Waals surface area contributed by atoms with E-state index in [1.807, 2.05) is 39.0 Å². The normalized spacial score (nSPS) is 10.8. The average molecular weight is 337 g/mol. The van der Waals surface area contributed by atoms with Crippen molar-refractivity contribution in [1.29, 1.82) is 0 Å². The molecular weight excluding hydrogens is 319 g/mol. The number of hydrogen-bond donors (Lipinski definition) is 0. The zero-order valence-electron chi connectivity index (χ0n) is 12.8. The molecule has 0 saturated carbocycles. The molecular formula is C17H18Cl2N2O. The van der Waals surface area contributed by atoms with Crippen LogP contribution < -0.4 is 0 Å². The van der Waals surface area contributed by atoms with Crippen molar-refractivity contribution in [1.82, 2.24) is 9.88 Å². The molecule has 0 unspecified atom stereocenters. The molecule has 0 N–H and O–H groups in total. The second-order valence-corrected chi connectivity index (χ2v) is 6.25. The highest BCUT2D eigenvalue weighted by Gasteiger charge is 2.20. The number of carbonyl (C=O) groups is 1. The maximum absolute atomic E-state index is 12.7. The molecule has 116 valence electrons.